The highest BCUT2D eigenvalue weighted by atomic mass is 79.9. The van der Waals surface area contributed by atoms with Crippen molar-refractivity contribution in [1.29, 1.82) is 0 Å². The Balaban J connectivity index is 2.08. The second kappa shape index (κ2) is 6.51. The minimum absolute atomic E-state index is 0.101. The van der Waals surface area contributed by atoms with E-state index in [4.69, 9.17) is 0 Å². The number of nitrogens with one attached hydrogen (secondary N) is 1. The van der Waals surface area contributed by atoms with Crippen LogP contribution in [0, 0.1) is 12.7 Å². The van der Waals surface area contributed by atoms with Gasteiger partial charge >= 0.3 is 0 Å². The van der Waals surface area contributed by atoms with Gasteiger partial charge in [-0.1, -0.05) is 40.2 Å². The molecule has 2 aromatic rings. The summed E-state index contributed by atoms with van der Waals surface area (Å²) in [5.41, 5.74) is 2.87. The lowest BCUT2D eigenvalue weighted by Gasteiger charge is -2.21. The molecule has 0 heterocycles. The lowest BCUT2D eigenvalue weighted by atomic mass is 10.0. The Bertz CT molecular complexity index is 580. The van der Waals surface area contributed by atoms with Gasteiger partial charge in [0.25, 0.3) is 0 Å². The summed E-state index contributed by atoms with van der Waals surface area (Å²) in [6.45, 7) is 5.95. The molecular weight excluding hydrogens is 317 g/mol. The predicted octanol–water partition coefficient (Wildman–Crippen LogP) is 5.31. The smallest absolute Gasteiger partial charge is 0.126 e. The summed E-state index contributed by atoms with van der Waals surface area (Å²) >= 11 is 3.43. The fraction of sp³-hybridized carbons (Fsp3) is 0.294. The van der Waals surface area contributed by atoms with Crippen LogP contribution in [-0.4, -0.2) is 0 Å². The zero-order valence-corrected chi connectivity index (χ0v) is 13.5. The van der Waals surface area contributed by atoms with Gasteiger partial charge in [0.15, 0.2) is 0 Å². The van der Waals surface area contributed by atoms with Gasteiger partial charge in [-0.3, -0.25) is 0 Å². The molecule has 2 aromatic carbocycles. The number of rotatable bonds is 4. The fourth-order valence-corrected chi connectivity index (χ4v) is 2.46. The molecule has 0 amide bonds. The molecule has 1 unspecified atom stereocenters. The van der Waals surface area contributed by atoms with Crippen LogP contribution in [0.15, 0.2) is 46.9 Å². The van der Waals surface area contributed by atoms with Crippen molar-refractivity contribution in [1.82, 2.24) is 5.32 Å². The van der Waals surface area contributed by atoms with Gasteiger partial charge in [-0.15, -0.1) is 0 Å². The summed E-state index contributed by atoms with van der Waals surface area (Å²) in [6.07, 6.45) is 0. The summed E-state index contributed by atoms with van der Waals surface area (Å²) in [5, 5.41) is 3.50. The Morgan fingerprint density at radius 3 is 2.10 bits per heavy atom. The number of hydrogen-bond acceptors (Lipinski definition) is 1. The largest absolute Gasteiger partial charge is 0.304 e. The normalized spacial score (nSPS) is 14.1. The maximum absolute atomic E-state index is 13.6. The maximum Gasteiger partial charge on any atom is 0.126 e. The second-order valence-corrected chi connectivity index (χ2v) is 6.09. The van der Waals surface area contributed by atoms with E-state index in [1.165, 1.54) is 5.56 Å². The molecule has 106 valence electrons. The van der Waals surface area contributed by atoms with E-state index in [2.05, 4.69) is 47.2 Å². The first-order valence-electron chi connectivity index (χ1n) is 6.75. The maximum atomic E-state index is 13.6. The molecule has 0 saturated heterocycles. The van der Waals surface area contributed by atoms with Gasteiger partial charge in [-0.25, -0.2) is 4.39 Å². The van der Waals surface area contributed by atoms with Crippen molar-refractivity contribution in [2.24, 2.45) is 0 Å². The molecule has 3 heteroatoms. The molecule has 0 aliphatic rings. The SMILES string of the molecule is Cc1ccc(C(C)N[C@@H](C)c2ccc(Br)cc2)cc1F. The molecule has 0 saturated carbocycles. The Hall–Kier alpha value is -1.19. The van der Waals surface area contributed by atoms with E-state index in [1.54, 1.807) is 13.0 Å². The third kappa shape index (κ3) is 3.68. The lowest BCUT2D eigenvalue weighted by molar-refractivity contribution is 0.491. The van der Waals surface area contributed by atoms with Crippen molar-refractivity contribution in [3.63, 3.8) is 0 Å². The molecule has 0 spiro atoms. The molecular formula is C17H19BrFN. The van der Waals surface area contributed by atoms with E-state index in [-0.39, 0.29) is 17.9 Å². The first-order valence-corrected chi connectivity index (χ1v) is 7.54. The van der Waals surface area contributed by atoms with Crippen LogP contribution >= 0.6 is 15.9 Å². The zero-order valence-electron chi connectivity index (χ0n) is 12.0. The summed E-state index contributed by atoms with van der Waals surface area (Å²) < 4.78 is 14.7. The third-order valence-corrected chi connectivity index (χ3v) is 4.09. The molecule has 0 radical (unpaired) electrons. The molecule has 20 heavy (non-hydrogen) atoms. The number of aryl methyl sites for hydroxylation is 1. The molecule has 1 N–H and O–H groups in total. The summed E-state index contributed by atoms with van der Waals surface area (Å²) in [7, 11) is 0. The van der Waals surface area contributed by atoms with Gasteiger partial charge in [0.2, 0.25) is 0 Å². The van der Waals surface area contributed by atoms with E-state index >= 15 is 0 Å². The van der Waals surface area contributed by atoms with Crippen molar-refractivity contribution in [3.8, 4) is 0 Å². The molecule has 0 fully saturated rings. The van der Waals surface area contributed by atoms with Gasteiger partial charge < -0.3 is 5.32 Å². The van der Waals surface area contributed by atoms with Gasteiger partial charge in [-0.2, -0.15) is 0 Å². The Morgan fingerprint density at radius 2 is 1.50 bits per heavy atom. The number of halogens is 2. The average Bonchev–Trinajstić information content (AvgIpc) is 2.42. The van der Waals surface area contributed by atoms with Crippen LogP contribution in [0.1, 0.15) is 42.6 Å². The second-order valence-electron chi connectivity index (χ2n) is 5.17. The topological polar surface area (TPSA) is 12.0 Å². The Labute approximate surface area is 128 Å². The monoisotopic (exact) mass is 335 g/mol. The van der Waals surface area contributed by atoms with Crippen LogP contribution in [0.25, 0.3) is 0 Å². The van der Waals surface area contributed by atoms with Crippen molar-refractivity contribution in [2.75, 3.05) is 0 Å². The highest BCUT2D eigenvalue weighted by Crippen LogP contribution is 2.22. The van der Waals surface area contributed by atoms with Crippen molar-refractivity contribution >= 4 is 15.9 Å². The van der Waals surface area contributed by atoms with Crippen LogP contribution in [-0.2, 0) is 0 Å². The van der Waals surface area contributed by atoms with Gasteiger partial charge in [-0.05, 0) is 55.7 Å². The van der Waals surface area contributed by atoms with Crippen LogP contribution < -0.4 is 5.32 Å². The van der Waals surface area contributed by atoms with Gasteiger partial charge in [0, 0.05) is 16.6 Å². The van der Waals surface area contributed by atoms with Crippen LogP contribution in [0.4, 0.5) is 4.39 Å². The molecule has 2 atom stereocenters. The molecule has 0 aliphatic carbocycles. The highest BCUT2D eigenvalue weighted by Gasteiger charge is 2.12. The van der Waals surface area contributed by atoms with Crippen LogP contribution in [0.2, 0.25) is 0 Å². The van der Waals surface area contributed by atoms with E-state index in [1.807, 2.05) is 24.3 Å². The van der Waals surface area contributed by atoms with Crippen LogP contribution in [0.5, 0.6) is 0 Å². The Kier molecular flexibility index (Phi) is 4.95. The zero-order chi connectivity index (χ0) is 14.7. The molecule has 2 rings (SSSR count). The highest BCUT2D eigenvalue weighted by molar-refractivity contribution is 9.10. The lowest BCUT2D eigenvalue weighted by Crippen LogP contribution is -2.22. The van der Waals surface area contributed by atoms with E-state index < -0.39 is 0 Å². The average molecular weight is 336 g/mol. The Morgan fingerprint density at radius 1 is 0.950 bits per heavy atom. The molecule has 0 aromatic heterocycles. The summed E-state index contributed by atoms with van der Waals surface area (Å²) in [5.74, 6) is -0.146. The van der Waals surface area contributed by atoms with Crippen LogP contribution in [0.3, 0.4) is 0 Å². The first-order chi connectivity index (χ1) is 9.47. The van der Waals surface area contributed by atoms with E-state index in [0.717, 1.165) is 10.0 Å². The minimum atomic E-state index is -0.146. The van der Waals surface area contributed by atoms with E-state index in [0.29, 0.717) is 5.56 Å². The molecule has 0 aliphatic heterocycles. The van der Waals surface area contributed by atoms with Crippen molar-refractivity contribution in [3.05, 3.63) is 69.4 Å². The third-order valence-electron chi connectivity index (χ3n) is 3.57. The molecule has 1 nitrogen and oxygen atoms in total. The first kappa shape index (κ1) is 15.2. The molecule has 0 bridgehead atoms. The standard InChI is InChI=1S/C17H19BrFN/c1-11-4-5-15(10-17(11)19)13(3)20-12(2)14-6-8-16(18)9-7-14/h4-10,12-13,20H,1-3H3/t12-,13?/m0/s1. The van der Waals surface area contributed by atoms with Gasteiger partial charge in [0.05, 0.1) is 0 Å². The van der Waals surface area contributed by atoms with Crippen molar-refractivity contribution in [2.45, 2.75) is 32.9 Å². The number of hydrogen-bond donors (Lipinski definition) is 1. The van der Waals surface area contributed by atoms with E-state index in [9.17, 15) is 4.39 Å². The number of benzene rings is 2. The fourth-order valence-electron chi connectivity index (χ4n) is 2.20. The minimum Gasteiger partial charge on any atom is -0.304 e. The summed E-state index contributed by atoms with van der Waals surface area (Å²) in [6, 6.07) is 14.0. The van der Waals surface area contributed by atoms with Crippen molar-refractivity contribution < 1.29 is 4.39 Å². The van der Waals surface area contributed by atoms with Gasteiger partial charge in [0.1, 0.15) is 5.82 Å². The quantitative estimate of drug-likeness (QED) is 0.798. The predicted molar refractivity (Wildman–Crippen MR) is 85.2 cm³/mol. The summed E-state index contributed by atoms with van der Waals surface area (Å²) in [4.78, 5) is 0.